The summed E-state index contributed by atoms with van der Waals surface area (Å²) in [4.78, 5) is 26.8. The fourth-order valence-corrected chi connectivity index (χ4v) is 1.80. The number of nitriles is 1. The standard InChI is InChI=1S/C13H13N3O2/c1-15-6-7-16(9-12(15)17)13(18)11-4-2-10(8-14)3-5-11/h2-5H,6-7,9H2,1H3. The van der Waals surface area contributed by atoms with E-state index in [9.17, 15) is 9.59 Å². The van der Waals surface area contributed by atoms with Gasteiger partial charge in [-0.05, 0) is 24.3 Å². The van der Waals surface area contributed by atoms with Gasteiger partial charge in [-0.2, -0.15) is 5.26 Å². The quantitative estimate of drug-likeness (QED) is 0.720. The highest BCUT2D eigenvalue weighted by Gasteiger charge is 2.25. The van der Waals surface area contributed by atoms with Gasteiger partial charge in [0.25, 0.3) is 5.91 Å². The predicted octanol–water partition coefficient (Wildman–Crippen LogP) is 0.472. The normalized spacial score (nSPS) is 15.4. The van der Waals surface area contributed by atoms with Crippen LogP contribution in [0.15, 0.2) is 24.3 Å². The molecule has 0 atom stereocenters. The Kier molecular flexibility index (Phi) is 3.28. The van der Waals surface area contributed by atoms with Crippen LogP contribution in [0.5, 0.6) is 0 Å². The lowest BCUT2D eigenvalue weighted by molar-refractivity contribution is -0.133. The molecule has 5 nitrogen and oxygen atoms in total. The summed E-state index contributed by atoms with van der Waals surface area (Å²) < 4.78 is 0. The second kappa shape index (κ2) is 4.88. The van der Waals surface area contributed by atoms with Crippen molar-refractivity contribution in [1.82, 2.24) is 9.80 Å². The van der Waals surface area contributed by atoms with Gasteiger partial charge < -0.3 is 9.80 Å². The molecule has 0 bridgehead atoms. The minimum absolute atomic E-state index is 0.0526. The second-order valence-electron chi connectivity index (χ2n) is 4.23. The highest BCUT2D eigenvalue weighted by atomic mass is 16.2. The number of rotatable bonds is 1. The summed E-state index contributed by atoms with van der Waals surface area (Å²) in [5, 5.41) is 8.68. The second-order valence-corrected chi connectivity index (χ2v) is 4.23. The van der Waals surface area contributed by atoms with Gasteiger partial charge >= 0.3 is 0 Å². The molecule has 1 saturated heterocycles. The van der Waals surface area contributed by atoms with Gasteiger partial charge in [0.1, 0.15) is 6.54 Å². The van der Waals surface area contributed by atoms with Crippen molar-refractivity contribution >= 4 is 11.8 Å². The van der Waals surface area contributed by atoms with Crippen LogP contribution in [-0.2, 0) is 4.79 Å². The smallest absolute Gasteiger partial charge is 0.254 e. The van der Waals surface area contributed by atoms with E-state index in [1.165, 1.54) is 4.90 Å². The first-order chi connectivity index (χ1) is 8.61. The molecule has 2 amide bonds. The molecule has 0 saturated carbocycles. The molecule has 92 valence electrons. The first-order valence-corrected chi connectivity index (χ1v) is 5.65. The monoisotopic (exact) mass is 243 g/mol. The van der Waals surface area contributed by atoms with Gasteiger partial charge in [0.2, 0.25) is 5.91 Å². The molecule has 0 radical (unpaired) electrons. The third kappa shape index (κ3) is 2.33. The van der Waals surface area contributed by atoms with E-state index in [4.69, 9.17) is 5.26 Å². The lowest BCUT2D eigenvalue weighted by Gasteiger charge is -2.32. The lowest BCUT2D eigenvalue weighted by atomic mass is 10.1. The lowest BCUT2D eigenvalue weighted by Crippen LogP contribution is -2.50. The average molecular weight is 243 g/mol. The van der Waals surface area contributed by atoms with E-state index in [0.29, 0.717) is 24.2 Å². The molecule has 0 aromatic heterocycles. The zero-order valence-electron chi connectivity index (χ0n) is 10.1. The predicted molar refractivity (Wildman–Crippen MR) is 64.7 cm³/mol. The van der Waals surface area contributed by atoms with E-state index in [0.717, 1.165) is 0 Å². The Hall–Kier alpha value is -2.35. The summed E-state index contributed by atoms with van der Waals surface area (Å²) in [6.45, 7) is 1.22. The number of benzene rings is 1. The van der Waals surface area contributed by atoms with Gasteiger partial charge in [-0.15, -0.1) is 0 Å². The number of carbonyl (C=O) groups is 2. The van der Waals surface area contributed by atoms with Crippen molar-refractivity contribution < 1.29 is 9.59 Å². The third-order valence-corrected chi connectivity index (χ3v) is 3.01. The number of nitrogens with zero attached hydrogens (tertiary/aromatic N) is 3. The van der Waals surface area contributed by atoms with Crippen LogP contribution in [0.4, 0.5) is 0 Å². The average Bonchev–Trinajstić information content (AvgIpc) is 2.41. The molecular formula is C13H13N3O2. The SMILES string of the molecule is CN1CCN(C(=O)c2ccc(C#N)cc2)CC1=O. The largest absolute Gasteiger partial charge is 0.342 e. The van der Waals surface area contributed by atoms with Crippen LogP contribution in [0, 0.1) is 11.3 Å². The summed E-state index contributed by atoms with van der Waals surface area (Å²) in [6.07, 6.45) is 0. The zero-order chi connectivity index (χ0) is 13.1. The fourth-order valence-electron chi connectivity index (χ4n) is 1.80. The van der Waals surface area contributed by atoms with Gasteiger partial charge in [0.15, 0.2) is 0 Å². The highest BCUT2D eigenvalue weighted by molar-refractivity contribution is 5.97. The van der Waals surface area contributed by atoms with E-state index in [1.807, 2.05) is 6.07 Å². The molecule has 0 unspecified atom stereocenters. The molecule has 1 aromatic carbocycles. The van der Waals surface area contributed by atoms with Crippen LogP contribution in [0.1, 0.15) is 15.9 Å². The number of amides is 2. The molecule has 1 aromatic rings. The number of hydrogen-bond acceptors (Lipinski definition) is 3. The summed E-state index contributed by atoms with van der Waals surface area (Å²) >= 11 is 0. The minimum Gasteiger partial charge on any atom is -0.342 e. The molecule has 0 N–H and O–H groups in total. The zero-order valence-corrected chi connectivity index (χ0v) is 10.1. The third-order valence-electron chi connectivity index (χ3n) is 3.01. The maximum absolute atomic E-state index is 12.1. The summed E-state index contributed by atoms with van der Waals surface area (Å²) in [5.74, 6) is -0.218. The van der Waals surface area contributed by atoms with Gasteiger partial charge in [0, 0.05) is 25.7 Å². The number of piperazine rings is 1. The maximum Gasteiger partial charge on any atom is 0.254 e. The molecule has 1 aliphatic rings. The van der Waals surface area contributed by atoms with Crippen LogP contribution in [0.3, 0.4) is 0 Å². The molecule has 1 aliphatic heterocycles. The molecule has 0 aliphatic carbocycles. The van der Waals surface area contributed by atoms with Crippen molar-refractivity contribution in [3.63, 3.8) is 0 Å². The number of carbonyl (C=O) groups excluding carboxylic acids is 2. The highest BCUT2D eigenvalue weighted by Crippen LogP contribution is 2.10. The van der Waals surface area contributed by atoms with Gasteiger partial charge in [-0.3, -0.25) is 9.59 Å². The van der Waals surface area contributed by atoms with Crippen molar-refractivity contribution in [1.29, 1.82) is 5.26 Å². The molecule has 18 heavy (non-hydrogen) atoms. The first kappa shape index (κ1) is 12.1. The molecular weight excluding hydrogens is 230 g/mol. The summed E-state index contributed by atoms with van der Waals surface area (Å²) in [5.41, 5.74) is 1.02. The van der Waals surface area contributed by atoms with E-state index in [-0.39, 0.29) is 18.4 Å². The van der Waals surface area contributed by atoms with Crippen LogP contribution in [-0.4, -0.2) is 48.3 Å². The van der Waals surface area contributed by atoms with Crippen molar-refractivity contribution in [3.05, 3.63) is 35.4 Å². The Balaban J connectivity index is 2.11. The molecule has 1 heterocycles. The number of likely N-dealkylation sites (N-methyl/N-ethyl adjacent to an activating group) is 1. The maximum atomic E-state index is 12.1. The molecule has 2 rings (SSSR count). The van der Waals surface area contributed by atoms with Crippen molar-refractivity contribution in [3.8, 4) is 6.07 Å². The van der Waals surface area contributed by atoms with Crippen LogP contribution in [0.2, 0.25) is 0 Å². The Bertz CT molecular complexity index is 516. The van der Waals surface area contributed by atoms with E-state index in [2.05, 4.69) is 0 Å². The Morgan fingerprint density at radius 1 is 1.28 bits per heavy atom. The van der Waals surface area contributed by atoms with Gasteiger partial charge in [-0.25, -0.2) is 0 Å². The first-order valence-electron chi connectivity index (χ1n) is 5.65. The van der Waals surface area contributed by atoms with E-state index < -0.39 is 0 Å². The molecule has 0 spiro atoms. The Labute approximate surface area is 105 Å². The van der Waals surface area contributed by atoms with Crippen LogP contribution >= 0.6 is 0 Å². The van der Waals surface area contributed by atoms with Crippen LogP contribution in [0.25, 0.3) is 0 Å². The van der Waals surface area contributed by atoms with Crippen molar-refractivity contribution in [2.45, 2.75) is 0 Å². The Morgan fingerprint density at radius 3 is 2.50 bits per heavy atom. The van der Waals surface area contributed by atoms with E-state index >= 15 is 0 Å². The topological polar surface area (TPSA) is 64.4 Å². The van der Waals surface area contributed by atoms with Gasteiger partial charge in [-0.1, -0.05) is 0 Å². The summed E-state index contributed by atoms with van der Waals surface area (Å²) in [7, 11) is 1.73. The number of hydrogen-bond donors (Lipinski definition) is 0. The molecule has 1 fully saturated rings. The minimum atomic E-state index is -0.166. The fraction of sp³-hybridized carbons (Fsp3) is 0.308. The van der Waals surface area contributed by atoms with Crippen molar-refractivity contribution in [2.75, 3.05) is 26.7 Å². The van der Waals surface area contributed by atoms with Crippen LogP contribution < -0.4 is 0 Å². The molecule has 5 heteroatoms. The summed E-state index contributed by atoms with van der Waals surface area (Å²) in [6, 6.07) is 8.43. The Morgan fingerprint density at radius 2 is 1.94 bits per heavy atom. The van der Waals surface area contributed by atoms with Gasteiger partial charge in [0.05, 0.1) is 11.6 Å². The van der Waals surface area contributed by atoms with Crippen molar-refractivity contribution in [2.24, 2.45) is 0 Å². The van der Waals surface area contributed by atoms with E-state index in [1.54, 1.807) is 36.2 Å².